The molecule has 0 saturated heterocycles. The summed E-state index contributed by atoms with van der Waals surface area (Å²) in [7, 11) is 0. The fourth-order valence-electron chi connectivity index (χ4n) is 2.03. The van der Waals surface area contributed by atoms with Crippen molar-refractivity contribution in [2.45, 2.75) is 24.8 Å². The molecule has 0 spiro atoms. The third-order valence-electron chi connectivity index (χ3n) is 3.32. The van der Waals surface area contributed by atoms with Crippen LogP contribution in [0.5, 0.6) is 0 Å². The number of aromatic nitrogens is 1. The summed E-state index contributed by atoms with van der Waals surface area (Å²) in [6, 6.07) is 8.23. The van der Waals surface area contributed by atoms with Crippen molar-refractivity contribution in [1.82, 2.24) is 4.98 Å². The van der Waals surface area contributed by atoms with E-state index in [1.165, 1.54) is 6.42 Å². The highest BCUT2D eigenvalue weighted by Gasteiger charge is 2.37. The summed E-state index contributed by atoms with van der Waals surface area (Å²) in [6.07, 6.45) is 3.37. The lowest BCUT2D eigenvalue weighted by molar-refractivity contribution is 0.253. The molecule has 1 heterocycles. The minimum absolute atomic E-state index is 0.141. The van der Waals surface area contributed by atoms with Gasteiger partial charge in [-0.3, -0.25) is 0 Å². The van der Waals surface area contributed by atoms with Gasteiger partial charge in [-0.25, -0.2) is 4.98 Å². The van der Waals surface area contributed by atoms with E-state index in [1.54, 1.807) is 11.3 Å². The Morgan fingerprint density at radius 1 is 1.24 bits per heavy atom. The Morgan fingerprint density at radius 3 is 2.53 bits per heavy atom. The van der Waals surface area contributed by atoms with Gasteiger partial charge in [0.1, 0.15) is 5.01 Å². The average Bonchev–Trinajstić information content (AvgIpc) is 2.76. The van der Waals surface area contributed by atoms with Gasteiger partial charge in [0.25, 0.3) is 0 Å². The highest BCUT2D eigenvalue weighted by atomic mass is 79.9. The lowest BCUT2D eigenvalue weighted by atomic mass is 9.78. The summed E-state index contributed by atoms with van der Waals surface area (Å²) in [4.78, 5) is 4.68. The van der Waals surface area contributed by atoms with E-state index in [0.29, 0.717) is 0 Å². The van der Waals surface area contributed by atoms with E-state index in [2.05, 4.69) is 38.4 Å². The van der Waals surface area contributed by atoms with Crippen molar-refractivity contribution < 1.29 is 0 Å². The average molecular weight is 309 g/mol. The van der Waals surface area contributed by atoms with Crippen LogP contribution < -0.4 is 5.73 Å². The molecule has 2 nitrogen and oxygen atoms in total. The van der Waals surface area contributed by atoms with Gasteiger partial charge >= 0.3 is 0 Å². The largest absolute Gasteiger partial charge is 0.319 e. The maximum absolute atomic E-state index is 6.28. The highest BCUT2D eigenvalue weighted by molar-refractivity contribution is 9.10. The summed E-state index contributed by atoms with van der Waals surface area (Å²) >= 11 is 5.12. The van der Waals surface area contributed by atoms with Crippen LogP contribution in [-0.4, -0.2) is 4.98 Å². The standard InChI is InChI=1S/C13H13BrN2S/c14-10-4-2-9(3-5-10)11-8-17-12(16-11)13(15)6-1-7-13/h2-5,8H,1,6-7,15H2. The lowest BCUT2D eigenvalue weighted by Crippen LogP contribution is -2.43. The normalized spacial score (nSPS) is 17.8. The van der Waals surface area contributed by atoms with Crippen LogP contribution >= 0.6 is 27.3 Å². The van der Waals surface area contributed by atoms with Crippen LogP contribution in [0, 0.1) is 0 Å². The van der Waals surface area contributed by atoms with Gasteiger partial charge < -0.3 is 5.73 Å². The van der Waals surface area contributed by atoms with Crippen molar-refractivity contribution >= 4 is 27.3 Å². The maximum Gasteiger partial charge on any atom is 0.113 e. The van der Waals surface area contributed by atoms with Gasteiger partial charge in [-0.15, -0.1) is 11.3 Å². The van der Waals surface area contributed by atoms with E-state index in [9.17, 15) is 0 Å². The van der Waals surface area contributed by atoms with Crippen LogP contribution in [0.1, 0.15) is 24.3 Å². The smallest absolute Gasteiger partial charge is 0.113 e. The topological polar surface area (TPSA) is 38.9 Å². The van der Waals surface area contributed by atoms with Crippen LogP contribution in [-0.2, 0) is 5.54 Å². The first-order valence-electron chi connectivity index (χ1n) is 5.68. The van der Waals surface area contributed by atoms with E-state index in [0.717, 1.165) is 33.6 Å². The van der Waals surface area contributed by atoms with E-state index in [-0.39, 0.29) is 5.54 Å². The predicted octanol–water partition coefficient (Wildman–Crippen LogP) is 3.91. The van der Waals surface area contributed by atoms with Crippen molar-refractivity contribution in [1.29, 1.82) is 0 Å². The second kappa shape index (κ2) is 4.19. The molecule has 1 aliphatic rings. The zero-order valence-corrected chi connectivity index (χ0v) is 11.7. The molecule has 2 aromatic rings. The van der Waals surface area contributed by atoms with Gasteiger partial charge in [0.05, 0.1) is 11.2 Å². The molecule has 0 unspecified atom stereocenters. The molecule has 1 aliphatic carbocycles. The van der Waals surface area contributed by atoms with Gasteiger partial charge in [0.2, 0.25) is 0 Å². The molecule has 0 aliphatic heterocycles. The van der Waals surface area contributed by atoms with Gasteiger partial charge in [0, 0.05) is 15.4 Å². The third kappa shape index (κ3) is 2.05. The first-order chi connectivity index (χ1) is 8.17. The summed E-state index contributed by atoms with van der Waals surface area (Å²) in [5, 5.41) is 3.19. The fourth-order valence-corrected chi connectivity index (χ4v) is 3.29. The van der Waals surface area contributed by atoms with Crippen LogP contribution in [0.25, 0.3) is 11.3 Å². The molecule has 1 fully saturated rings. The van der Waals surface area contributed by atoms with Gasteiger partial charge in [0.15, 0.2) is 0 Å². The Morgan fingerprint density at radius 2 is 1.94 bits per heavy atom. The first kappa shape index (κ1) is 11.4. The zero-order chi connectivity index (χ0) is 11.9. The Balaban J connectivity index is 1.92. The van der Waals surface area contributed by atoms with Gasteiger partial charge in [-0.2, -0.15) is 0 Å². The molecule has 1 saturated carbocycles. The summed E-state index contributed by atoms with van der Waals surface area (Å²) in [6.45, 7) is 0. The Labute approximate surface area is 113 Å². The molecular weight excluding hydrogens is 296 g/mol. The second-order valence-corrected chi connectivity index (χ2v) is 6.33. The molecule has 3 rings (SSSR count). The number of rotatable bonds is 2. The molecule has 0 bridgehead atoms. The first-order valence-corrected chi connectivity index (χ1v) is 7.35. The molecule has 0 amide bonds. The molecule has 0 atom stereocenters. The molecular formula is C13H13BrN2S. The molecule has 88 valence electrons. The summed E-state index contributed by atoms with van der Waals surface area (Å²) < 4.78 is 1.09. The number of hydrogen-bond donors (Lipinski definition) is 1. The lowest BCUT2D eigenvalue weighted by Gasteiger charge is -2.35. The van der Waals surface area contributed by atoms with Crippen molar-refractivity contribution in [2.75, 3.05) is 0 Å². The number of benzene rings is 1. The van der Waals surface area contributed by atoms with Crippen molar-refractivity contribution in [3.63, 3.8) is 0 Å². The molecule has 4 heteroatoms. The van der Waals surface area contributed by atoms with E-state index < -0.39 is 0 Å². The number of nitrogens with two attached hydrogens (primary N) is 1. The zero-order valence-electron chi connectivity index (χ0n) is 9.32. The van der Waals surface area contributed by atoms with E-state index >= 15 is 0 Å². The Kier molecular flexibility index (Phi) is 2.81. The maximum atomic E-state index is 6.28. The number of thiazole rings is 1. The summed E-state index contributed by atoms with van der Waals surface area (Å²) in [5.41, 5.74) is 8.33. The Hall–Kier alpha value is -0.710. The van der Waals surface area contributed by atoms with Crippen molar-refractivity contribution in [3.8, 4) is 11.3 Å². The van der Waals surface area contributed by atoms with Crippen LogP contribution in [0.2, 0.25) is 0 Å². The summed E-state index contributed by atoms with van der Waals surface area (Å²) in [5.74, 6) is 0. The molecule has 1 aromatic carbocycles. The molecule has 0 radical (unpaired) electrons. The second-order valence-electron chi connectivity index (χ2n) is 4.55. The van der Waals surface area contributed by atoms with Crippen LogP contribution in [0.15, 0.2) is 34.1 Å². The van der Waals surface area contributed by atoms with E-state index in [4.69, 9.17) is 5.73 Å². The van der Waals surface area contributed by atoms with Crippen LogP contribution in [0.3, 0.4) is 0 Å². The molecule has 2 N–H and O–H groups in total. The highest BCUT2D eigenvalue weighted by Crippen LogP contribution is 2.41. The Bertz CT molecular complexity index is 529. The number of halogens is 1. The predicted molar refractivity (Wildman–Crippen MR) is 75.0 cm³/mol. The molecule has 17 heavy (non-hydrogen) atoms. The quantitative estimate of drug-likeness (QED) is 0.913. The fraction of sp³-hybridized carbons (Fsp3) is 0.308. The van der Waals surface area contributed by atoms with Gasteiger partial charge in [-0.05, 0) is 31.4 Å². The van der Waals surface area contributed by atoms with E-state index in [1.807, 2.05) is 12.1 Å². The number of hydrogen-bond acceptors (Lipinski definition) is 3. The van der Waals surface area contributed by atoms with Crippen molar-refractivity contribution in [3.05, 3.63) is 39.1 Å². The molecule has 1 aromatic heterocycles. The third-order valence-corrected chi connectivity index (χ3v) is 4.91. The minimum atomic E-state index is -0.141. The van der Waals surface area contributed by atoms with Crippen molar-refractivity contribution in [2.24, 2.45) is 5.73 Å². The monoisotopic (exact) mass is 308 g/mol. The van der Waals surface area contributed by atoms with Crippen LogP contribution in [0.4, 0.5) is 0 Å². The van der Waals surface area contributed by atoms with Gasteiger partial charge in [-0.1, -0.05) is 28.1 Å². The number of nitrogens with zero attached hydrogens (tertiary/aromatic N) is 1. The minimum Gasteiger partial charge on any atom is -0.319 e. The SMILES string of the molecule is NC1(c2nc(-c3ccc(Br)cc3)cs2)CCC1.